The average Bonchev–Trinajstić information content (AvgIpc) is 2.70. The molecule has 6 heteroatoms. The summed E-state index contributed by atoms with van der Waals surface area (Å²) in [5.41, 5.74) is 0.717. The second-order valence-electron chi connectivity index (χ2n) is 7.02. The van der Waals surface area contributed by atoms with Gasteiger partial charge in [0.15, 0.2) is 11.5 Å². The molecule has 0 unspecified atom stereocenters. The predicted octanol–water partition coefficient (Wildman–Crippen LogP) is 2.59. The molecule has 6 nitrogen and oxygen atoms in total. The fourth-order valence-corrected chi connectivity index (χ4v) is 3.44. The van der Waals surface area contributed by atoms with Gasteiger partial charge in [0.05, 0.1) is 6.10 Å². The van der Waals surface area contributed by atoms with Crippen molar-refractivity contribution in [3.8, 4) is 11.5 Å². The lowest BCUT2D eigenvalue weighted by molar-refractivity contribution is -0.121. The summed E-state index contributed by atoms with van der Waals surface area (Å²) in [5, 5.41) is 13.1. The van der Waals surface area contributed by atoms with Crippen LogP contribution >= 0.6 is 0 Å². The van der Waals surface area contributed by atoms with Crippen LogP contribution in [0.3, 0.4) is 0 Å². The average molecular weight is 363 g/mol. The van der Waals surface area contributed by atoms with Gasteiger partial charge in [-0.15, -0.1) is 0 Å². The number of aliphatic hydroxyl groups is 1. The van der Waals surface area contributed by atoms with Crippen molar-refractivity contribution in [3.63, 3.8) is 0 Å². The number of nitrogens with one attached hydrogen (secondary N) is 1. The third-order valence-corrected chi connectivity index (χ3v) is 5.05. The van der Waals surface area contributed by atoms with Crippen LogP contribution in [0.4, 0.5) is 0 Å². The van der Waals surface area contributed by atoms with E-state index in [0.29, 0.717) is 36.7 Å². The van der Waals surface area contributed by atoms with Gasteiger partial charge in [-0.05, 0) is 42.9 Å². The lowest BCUT2D eigenvalue weighted by Crippen LogP contribution is -2.28. The number of carbonyl (C=O) groups is 1. The molecule has 0 spiro atoms. The van der Waals surface area contributed by atoms with E-state index >= 15 is 0 Å². The summed E-state index contributed by atoms with van der Waals surface area (Å²) in [6.07, 6.45) is 5.19. The lowest BCUT2D eigenvalue weighted by atomic mass is 9.94. The zero-order chi connectivity index (χ0) is 18.2. The maximum Gasteiger partial charge on any atom is 0.220 e. The second kappa shape index (κ2) is 9.78. The molecule has 1 amide bonds. The Bertz CT molecular complexity index is 586. The molecule has 1 aromatic carbocycles. The molecular formula is C20H29NO5. The summed E-state index contributed by atoms with van der Waals surface area (Å²) >= 11 is 0. The molecule has 1 saturated heterocycles. The van der Waals surface area contributed by atoms with Crippen LogP contribution in [-0.4, -0.2) is 44.0 Å². The first-order chi connectivity index (χ1) is 12.7. The zero-order valence-electron chi connectivity index (χ0n) is 15.2. The molecule has 0 aromatic heterocycles. The Hall–Kier alpha value is -1.79. The third kappa shape index (κ3) is 5.61. The monoisotopic (exact) mass is 363 g/mol. The number of carbonyl (C=O) groups excluding carboxylic acids is 1. The minimum absolute atomic E-state index is 0.00595. The highest BCUT2D eigenvalue weighted by atomic mass is 16.6. The maximum atomic E-state index is 12.0. The molecule has 144 valence electrons. The molecule has 0 aliphatic carbocycles. The van der Waals surface area contributed by atoms with Crippen molar-refractivity contribution < 1.29 is 24.1 Å². The Labute approximate surface area is 154 Å². The van der Waals surface area contributed by atoms with E-state index in [1.54, 1.807) is 18.2 Å². The van der Waals surface area contributed by atoms with Crippen molar-refractivity contribution in [2.75, 3.05) is 33.0 Å². The van der Waals surface area contributed by atoms with Crippen molar-refractivity contribution in [3.05, 3.63) is 23.8 Å². The van der Waals surface area contributed by atoms with Crippen molar-refractivity contribution in [2.45, 2.75) is 44.6 Å². The number of rotatable bonds is 8. The third-order valence-electron chi connectivity index (χ3n) is 5.05. The smallest absolute Gasteiger partial charge is 0.220 e. The highest BCUT2D eigenvalue weighted by molar-refractivity contribution is 5.75. The number of amides is 1. The molecule has 2 N–H and O–H groups in total. The molecule has 0 saturated carbocycles. The number of aliphatic hydroxyl groups excluding tert-OH is 1. The molecule has 2 heterocycles. The van der Waals surface area contributed by atoms with E-state index in [2.05, 4.69) is 5.32 Å². The minimum atomic E-state index is -0.753. The number of fused-ring (bicyclic) bond motifs is 1. The molecule has 2 aliphatic rings. The van der Waals surface area contributed by atoms with Gasteiger partial charge in [0.2, 0.25) is 5.91 Å². The fraction of sp³-hybridized carbons (Fsp3) is 0.650. The Kier molecular flexibility index (Phi) is 7.14. The van der Waals surface area contributed by atoms with Crippen LogP contribution in [0.15, 0.2) is 18.2 Å². The highest BCUT2D eigenvalue weighted by Crippen LogP contribution is 2.32. The van der Waals surface area contributed by atoms with E-state index in [9.17, 15) is 9.90 Å². The maximum absolute atomic E-state index is 12.0. The quantitative estimate of drug-likeness (QED) is 0.694. The van der Waals surface area contributed by atoms with E-state index in [4.69, 9.17) is 14.2 Å². The number of ether oxygens (including phenoxy) is 3. The summed E-state index contributed by atoms with van der Waals surface area (Å²) < 4.78 is 16.4. The Morgan fingerprint density at radius 3 is 2.69 bits per heavy atom. The van der Waals surface area contributed by atoms with E-state index in [0.717, 1.165) is 44.8 Å². The summed E-state index contributed by atoms with van der Waals surface area (Å²) in [6.45, 7) is 3.01. The van der Waals surface area contributed by atoms with E-state index < -0.39 is 6.10 Å². The summed E-state index contributed by atoms with van der Waals surface area (Å²) in [7, 11) is 0. The van der Waals surface area contributed by atoms with Gasteiger partial charge >= 0.3 is 0 Å². The Morgan fingerprint density at radius 1 is 1.12 bits per heavy atom. The van der Waals surface area contributed by atoms with Gasteiger partial charge in [-0.25, -0.2) is 0 Å². The van der Waals surface area contributed by atoms with Gasteiger partial charge in [0.25, 0.3) is 0 Å². The molecular weight excluding hydrogens is 334 g/mol. The number of unbranched alkanes of at least 4 members (excludes halogenated alkanes) is 1. The van der Waals surface area contributed by atoms with E-state index in [1.165, 1.54) is 6.42 Å². The second-order valence-corrected chi connectivity index (χ2v) is 7.02. The SMILES string of the molecule is O=C(CCCCC1CCOCC1)NC[C@H](O)c1ccc2c(c1)OCCO2. The molecule has 1 atom stereocenters. The molecule has 26 heavy (non-hydrogen) atoms. The lowest BCUT2D eigenvalue weighted by Gasteiger charge is -2.21. The Balaban J connectivity index is 1.33. The zero-order valence-corrected chi connectivity index (χ0v) is 15.2. The van der Waals surface area contributed by atoms with Crippen LogP contribution in [0.2, 0.25) is 0 Å². The summed E-state index contributed by atoms with van der Waals surface area (Å²) in [5.74, 6) is 2.09. The number of hydrogen-bond acceptors (Lipinski definition) is 5. The Morgan fingerprint density at radius 2 is 1.88 bits per heavy atom. The van der Waals surface area contributed by atoms with Crippen molar-refractivity contribution in [1.29, 1.82) is 0 Å². The minimum Gasteiger partial charge on any atom is -0.486 e. The largest absolute Gasteiger partial charge is 0.486 e. The topological polar surface area (TPSA) is 77.0 Å². The first-order valence-corrected chi connectivity index (χ1v) is 9.64. The van der Waals surface area contributed by atoms with E-state index in [1.807, 2.05) is 0 Å². The number of benzene rings is 1. The van der Waals surface area contributed by atoms with Gasteiger partial charge in [-0.3, -0.25) is 4.79 Å². The van der Waals surface area contributed by atoms with Crippen LogP contribution in [-0.2, 0) is 9.53 Å². The molecule has 3 rings (SSSR count). The van der Waals surface area contributed by atoms with Crippen LogP contribution in [0, 0.1) is 5.92 Å². The highest BCUT2D eigenvalue weighted by Gasteiger charge is 2.16. The van der Waals surface area contributed by atoms with Gasteiger partial charge in [-0.1, -0.05) is 18.9 Å². The van der Waals surface area contributed by atoms with Gasteiger partial charge in [0.1, 0.15) is 13.2 Å². The normalized spacial score (nSPS) is 18.3. The van der Waals surface area contributed by atoms with Crippen molar-refractivity contribution in [1.82, 2.24) is 5.32 Å². The van der Waals surface area contributed by atoms with Gasteiger partial charge < -0.3 is 24.6 Å². The van der Waals surface area contributed by atoms with Crippen molar-refractivity contribution >= 4 is 5.91 Å². The van der Waals surface area contributed by atoms with Crippen LogP contribution in [0.25, 0.3) is 0 Å². The standard InChI is InChI=1S/C20H29NO5/c22-17(16-5-6-18-19(13-16)26-12-11-25-18)14-21-20(23)4-2-1-3-15-7-9-24-10-8-15/h5-6,13,15,17,22H,1-4,7-12,14H2,(H,21,23)/t17-/m0/s1. The first-order valence-electron chi connectivity index (χ1n) is 9.64. The van der Waals surface area contributed by atoms with E-state index in [-0.39, 0.29) is 12.5 Å². The summed E-state index contributed by atoms with van der Waals surface area (Å²) in [4.78, 5) is 12.0. The number of hydrogen-bond donors (Lipinski definition) is 2. The van der Waals surface area contributed by atoms with Crippen LogP contribution in [0.5, 0.6) is 11.5 Å². The van der Waals surface area contributed by atoms with Crippen molar-refractivity contribution in [2.24, 2.45) is 5.92 Å². The van der Waals surface area contributed by atoms with Crippen LogP contribution in [0.1, 0.15) is 50.2 Å². The molecule has 1 aromatic rings. The molecule has 0 radical (unpaired) electrons. The molecule has 0 bridgehead atoms. The molecule has 2 aliphatic heterocycles. The van der Waals surface area contributed by atoms with Crippen LogP contribution < -0.4 is 14.8 Å². The molecule has 1 fully saturated rings. The summed E-state index contributed by atoms with van der Waals surface area (Å²) in [6, 6.07) is 5.38. The first kappa shape index (κ1) is 19.0. The predicted molar refractivity (Wildman–Crippen MR) is 97.4 cm³/mol. The van der Waals surface area contributed by atoms with Gasteiger partial charge in [-0.2, -0.15) is 0 Å². The fourth-order valence-electron chi connectivity index (χ4n) is 3.44. The van der Waals surface area contributed by atoms with Gasteiger partial charge in [0, 0.05) is 26.2 Å².